The van der Waals surface area contributed by atoms with Gasteiger partial charge in [0.1, 0.15) is 0 Å². The molecule has 0 aliphatic rings. The van der Waals surface area contributed by atoms with Crippen molar-refractivity contribution in [1.29, 1.82) is 0 Å². The van der Waals surface area contributed by atoms with Crippen molar-refractivity contribution < 1.29 is 35.9 Å². The van der Waals surface area contributed by atoms with Crippen LogP contribution < -0.4 is 0 Å². The minimum atomic E-state index is -5.54. The fourth-order valence-corrected chi connectivity index (χ4v) is 1.23. The number of Topliss-reactive ketones (excluding diaryl/α,β-unsaturated/α-hetero) is 2. The molecule has 0 bridgehead atoms. The summed E-state index contributed by atoms with van der Waals surface area (Å²) >= 11 is 1.08. The van der Waals surface area contributed by atoms with Gasteiger partial charge in [-0.25, -0.2) is 0 Å². The van der Waals surface area contributed by atoms with Gasteiger partial charge in [0.05, 0.1) is 5.57 Å². The molecule has 0 saturated carbocycles. The van der Waals surface area contributed by atoms with Gasteiger partial charge >= 0.3 is 12.4 Å². The van der Waals surface area contributed by atoms with Crippen molar-refractivity contribution in [2.24, 2.45) is 0 Å². The number of carbonyl (C=O) groups excluding carboxylic acids is 2. The topological polar surface area (TPSA) is 34.1 Å². The van der Waals surface area contributed by atoms with E-state index in [2.05, 4.69) is 0 Å². The second-order valence-electron chi connectivity index (χ2n) is 3.02. The van der Waals surface area contributed by atoms with E-state index in [9.17, 15) is 35.9 Å². The number of hydrogen-bond donors (Lipinski definition) is 0. The van der Waals surface area contributed by atoms with Crippen molar-refractivity contribution in [2.75, 3.05) is 5.75 Å². The third-order valence-corrected chi connectivity index (χ3v) is 2.29. The van der Waals surface area contributed by atoms with Crippen LogP contribution in [0.4, 0.5) is 26.3 Å². The Balaban J connectivity index is 5.40. The molecule has 108 valence electrons. The van der Waals surface area contributed by atoms with Crippen molar-refractivity contribution >= 4 is 23.3 Å². The molecule has 0 N–H and O–H groups in total. The molecule has 0 fully saturated rings. The van der Waals surface area contributed by atoms with Crippen molar-refractivity contribution in [3.63, 3.8) is 0 Å². The summed E-state index contributed by atoms with van der Waals surface area (Å²) < 4.78 is 72.5. The SMILES string of the molecule is CCS/C=C/C=C(C(=O)C(F)(F)F)C(=O)C(F)(F)F. The molecule has 0 unspecified atom stereocenters. The summed E-state index contributed by atoms with van der Waals surface area (Å²) in [4.78, 5) is 21.5. The van der Waals surface area contributed by atoms with E-state index in [-0.39, 0.29) is 6.08 Å². The van der Waals surface area contributed by atoms with Gasteiger partial charge in [0.25, 0.3) is 11.6 Å². The fourth-order valence-electron chi connectivity index (χ4n) is 0.847. The molecule has 0 rings (SSSR count). The Kier molecular flexibility index (Phi) is 6.34. The predicted octanol–water partition coefficient (Wildman–Crippen LogP) is 3.44. The van der Waals surface area contributed by atoms with E-state index in [4.69, 9.17) is 0 Å². The van der Waals surface area contributed by atoms with Crippen molar-refractivity contribution in [2.45, 2.75) is 19.3 Å². The van der Waals surface area contributed by atoms with Gasteiger partial charge in [0.15, 0.2) is 0 Å². The monoisotopic (exact) mass is 306 g/mol. The minimum absolute atomic E-state index is 0.217. The summed E-state index contributed by atoms with van der Waals surface area (Å²) in [6.07, 6.45) is -10.1. The Labute approximate surface area is 108 Å². The van der Waals surface area contributed by atoms with E-state index in [0.717, 1.165) is 17.8 Å². The quantitative estimate of drug-likeness (QED) is 0.256. The van der Waals surface area contributed by atoms with Gasteiger partial charge in [-0.05, 0) is 17.2 Å². The van der Waals surface area contributed by atoms with E-state index in [1.54, 1.807) is 6.92 Å². The van der Waals surface area contributed by atoms with Gasteiger partial charge in [-0.3, -0.25) is 9.59 Å². The van der Waals surface area contributed by atoms with Crippen LogP contribution in [0.2, 0.25) is 0 Å². The highest BCUT2D eigenvalue weighted by atomic mass is 32.2. The highest BCUT2D eigenvalue weighted by Crippen LogP contribution is 2.27. The standard InChI is InChI=1S/C10H8F6O2S/c1-2-19-5-3-4-6(7(17)9(11,12)13)8(18)10(14,15)16/h3-5H,2H2,1H3/b5-3+. The van der Waals surface area contributed by atoms with Crippen molar-refractivity contribution in [1.82, 2.24) is 0 Å². The Morgan fingerprint density at radius 2 is 1.42 bits per heavy atom. The van der Waals surface area contributed by atoms with E-state index in [1.165, 1.54) is 5.41 Å². The summed E-state index contributed by atoms with van der Waals surface area (Å²) in [5.74, 6) is -5.11. The molecule has 9 heteroatoms. The van der Waals surface area contributed by atoms with Crippen LogP contribution in [-0.2, 0) is 9.59 Å². The molecule has 0 aliphatic carbocycles. The highest BCUT2D eigenvalue weighted by Gasteiger charge is 2.49. The fraction of sp³-hybridized carbons (Fsp3) is 0.400. The molecule has 0 aliphatic heterocycles. The molecule has 0 aromatic rings. The maximum atomic E-state index is 12.1. The van der Waals surface area contributed by atoms with Gasteiger partial charge in [-0.2, -0.15) is 26.3 Å². The first kappa shape index (κ1) is 17.8. The number of hydrogen-bond acceptors (Lipinski definition) is 3. The summed E-state index contributed by atoms with van der Waals surface area (Å²) in [5, 5.41) is 1.17. The van der Waals surface area contributed by atoms with E-state index >= 15 is 0 Å². The summed E-state index contributed by atoms with van der Waals surface area (Å²) in [6, 6.07) is 0. The van der Waals surface area contributed by atoms with E-state index in [1.807, 2.05) is 0 Å². The number of carbonyl (C=O) groups is 2. The van der Waals surface area contributed by atoms with Gasteiger partial charge in [0.2, 0.25) is 0 Å². The lowest BCUT2D eigenvalue weighted by Crippen LogP contribution is -2.34. The van der Waals surface area contributed by atoms with Crippen molar-refractivity contribution in [3.8, 4) is 0 Å². The van der Waals surface area contributed by atoms with Crippen LogP contribution in [0.1, 0.15) is 6.92 Å². The lowest BCUT2D eigenvalue weighted by Gasteiger charge is -2.10. The van der Waals surface area contributed by atoms with Crippen LogP contribution >= 0.6 is 11.8 Å². The number of allylic oxidation sites excluding steroid dienone is 3. The zero-order valence-corrected chi connectivity index (χ0v) is 10.2. The molecule has 19 heavy (non-hydrogen) atoms. The third-order valence-electron chi connectivity index (χ3n) is 1.61. The Morgan fingerprint density at radius 1 is 1.00 bits per heavy atom. The smallest absolute Gasteiger partial charge is 0.284 e. The van der Waals surface area contributed by atoms with Gasteiger partial charge < -0.3 is 0 Å². The zero-order chi connectivity index (χ0) is 15.3. The molecule has 0 saturated heterocycles. The lowest BCUT2D eigenvalue weighted by molar-refractivity contribution is -0.175. The van der Waals surface area contributed by atoms with Crippen LogP contribution in [-0.4, -0.2) is 29.7 Å². The number of halogens is 6. The van der Waals surface area contributed by atoms with E-state index in [0.29, 0.717) is 5.75 Å². The summed E-state index contributed by atoms with van der Waals surface area (Å²) in [5.41, 5.74) is -1.95. The first-order chi connectivity index (χ1) is 8.51. The van der Waals surface area contributed by atoms with Crippen LogP contribution in [0.15, 0.2) is 23.1 Å². The second kappa shape index (κ2) is 6.78. The van der Waals surface area contributed by atoms with Crippen LogP contribution in [0.25, 0.3) is 0 Å². The van der Waals surface area contributed by atoms with Crippen LogP contribution in [0, 0.1) is 0 Å². The molecular formula is C10H8F6O2S. The van der Waals surface area contributed by atoms with E-state index < -0.39 is 29.5 Å². The summed E-state index contributed by atoms with van der Waals surface area (Å²) in [6.45, 7) is 1.70. The second-order valence-corrected chi connectivity index (χ2v) is 4.20. The molecule has 0 aromatic heterocycles. The molecule has 0 radical (unpaired) electrons. The largest absolute Gasteiger partial charge is 0.455 e. The third kappa shape index (κ3) is 5.95. The molecular weight excluding hydrogens is 298 g/mol. The molecule has 0 aromatic carbocycles. The van der Waals surface area contributed by atoms with Gasteiger partial charge in [-0.1, -0.05) is 13.0 Å². The number of rotatable bonds is 5. The average Bonchev–Trinajstić information content (AvgIpc) is 2.25. The van der Waals surface area contributed by atoms with Crippen molar-refractivity contribution in [3.05, 3.63) is 23.1 Å². The first-order valence-corrected chi connectivity index (χ1v) is 5.78. The maximum Gasteiger partial charge on any atom is 0.455 e. The maximum absolute atomic E-state index is 12.1. The van der Waals surface area contributed by atoms with Crippen LogP contribution in [0.5, 0.6) is 0 Å². The zero-order valence-electron chi connectivity index (χ0n) is 9.43. The first-order valence-electron chi connectivity index (χ1n) is 4.73. The number of alkyl halides is 6. The highest BCUT2D eigenvalue weighted by molar-refractivity contribution is 8.02. The number of ketones is 2. The van der Waals surface area contributed by atoms with Crippen LogP contribution in [0.3, 0.4) is 0 Å². The molecule has 0 spiro atoms. The Morgan fingerprint density at radius 3 is 1.74 bits per heavy atom. The average molecular weight is 306 g/mol. The Bertz CT molecular complexity index is 377. The minimum Gasteiger partial charge on any atom is -0.284 e. The molecule has 0 atom stereocenters. The Hall–Kier alpha value is -1.25. The molecule has 0 amide bonds. The summed E-state index contributed by atoms with van der Waals surface area (Å²) in [7, 11) is 0. The van der Waals surface area contributed by atoms with Gasteiger partial charge in [-0.15, -0.1) is 11.8 Å². The molecule has 2 nitrogen and oxygen atoms in total. The normalized spacial score (nSPS) is 12.6. The lowest BCUT2D eigenvalue weighted by atomic mass is 10.1. The predicted molar refractivity (Wildman–Crippen MR) is 57.5 cm³/mol. The number of thioether (sulfide) groups is 1. The molecule has 0 heterocycles. The van der Waals surface area contributed by atoms with Gasteiger partial charge in [0, 0.05) is 0 Å².